The zero-order chi connectivity index (χ0) is 15.4. The first kappa shape index (κ1) is 15.8. The third-order valence-corrected chi connectivity index (χ3v) is 4.17. The molecule has 4 heteroatoms. The molecule has 0 unspecified atom stereocenters. The number of benzene rings is 1. The zero-order valence-electron chi connectivity index (χ0n) is 13.6. The van der Waals surface area contributed by atoms with Gasteiger partial charge in [0.1, 0.15) is 0 Å². The van der Waals surface area contributed by atoms with E-state index in [2.05, 4.69) is 50.0 Å². The van der Waals surface area contributed by atoms with Crippen molar-refractivity contribution < 1.29 is 4.79 Å². The molecule has 21 heavy (non-hydrogen) atoms. The van der Waals surface area contributed by atoms with E-state index in [9.17, 15) is 4.79 Å². The van der Waals surface area contributed by atoms with E-state index < -0.39 is 0 Å². The Balaban J connectivity index is 2.12. The Kier molecular flexibility index (Phi) is 5.23. The van der Waals surface area contributed by atoms with Crippen LogP contribution in [0.15, 0.2) is 24.3 Å². The molecule has 1 aromatic rings. The molecular formula is C17H27N3O. The highest BCUT2D eigenvalue weighted by Gasteiger charge is 2.24. The van der Waals surface area contributed by atoms with E-state index in [1.165, 1.54) is 5.69 Å². The zero-order valence-corrected chi connectivity index (χ0v) is 13.6. The van der Waals surface area contributed by atoms with Gasteiger partial charge in [-0.05, 0) is 52.0 Å². The normalized spacial score (nSPS) is 18.9. The fourth-order valence-corrected chi connectivity index (χ4v) is 2.95. The van der Waals surface area contributed by atoms with Crippen molar-refractivity contribution in [2.45, 2.75) is 39.8 Å². The lowest BCUT2D eigenvalue weighted by atomic mass is 10.1. The summed E-state index contributed by atoms with van der Waals surface area (Å²) in [6.45, 7) is 12.1. The van der Waals surface area contributed by atoms with Crippen molar-refractivity contribution in [3.63, 3.8) is 0 Å². The Morgan fingerprint density at radius 2 is 2.05 bits per heavy atom. The maximum absolute atomic E-state index is 12.6. The van der Waals surface area contributed by atoms with Gasteiger partial charge in [-0.2, -0.15) is 0 Å². The minimum atomic E-state index is 0.142. The summed E-state index contributed by atoms with van der Waals surface area (Å²) < 4.78 is 0. The molecule has 2 rings (SSSR count). The van der Waals surface area contributed by atoms with Crippen LogP contribution < -0.4 is 10.2 Å². The third-order valence-electron chi connectivity index (χ3n) is 4.17. The summed E-state index contributed by atoms with van der Waals surface area (Å²) in [5.74, 6) is 0.142. The fourth-order valence-electron chi connectivity index (χ4n) is 2.95. The summed E-state index contributed by atoms with van der Waals surface area (Å²) in [6, 6.07) is 8.75. The second kappa shape index (κ2) is 6.94. The largest absolute Gasteiger partial charge is 0.369 e. The summed E-state index contributed by atoms with van der Waals surface area (Å²) in [4.78, 5) is 16.9. The molecule has 0 saturated carbocycles. The number of hydrogen-bond acceptors (Lipinski definition) is 3. The predicted octanol–water partition coefficient (Wildman–Crippen LogP) is 2.36. The molecule has 0 aromatic heterocycles. The predicted molar refractivity (Wildman–Crippen MR) is 88.0 cm³/mol. The second-order valence-corrected chi connectivity index (χ2v) is 5.98. The molecule has 0 radical (unpaired) electrons. The quantitative estimate of drug-likeness (QED) is 0.924. The molecule has 1 aliphatic heterocycles. The van der Waals surface area contributed by atoms with Crippen LogP contribution in [0, 0.1) is 0 Å². The lowest BCUT2D eigenvalue weighted by Gasteiger charge is -2.34. The SMILES string of the molecule is CCN(c1ccc(C(=O)N2CCNC[C@@H]2C)cc1)C(C)C. The van der Waals surface area contributed by atoms with Crippen LogP contribution >= 0.6 is 0 Å². The summed E-state index contributed by atoms with van der Waals surface area (Å²) >= 11 is 0. The van der Waals surface area contributed by atoms with Gasteiger partial charge in [-0.3, -0.25) is 4.79 Å². The number of anilines is 1. The molecule has 1 heterocycles. The molecule has 0 bridgehead atoms. The standard InChI is InChI=1S/C17H27N3O/c1-5-19(13(2)3)16-8-6-15(7-9-16)17(21)20-11-10-18-12-14(20)4/h6-9,13-14,18H,5,10-12H2,1-4H3/t14-/m0/s1. The first-order chi connectivity index (χ1) is 10.0. The molecule has 116 valence electrons. The van der Waals surface area contributed by atoms with Crippen LogP contribution in [0.1, 0.15) is 38.1 Å². The number of amides is 1. The molecule has 4 nitrogen and oxygen atoms in total. The Morgan fingerprint density at radius 3 is 2.57 bits per heavy atom. The van der Waals surface area contributed by atoms with Gasteiger partial charge in [-0.15, -0.1) is 0 Å². The van der Waals surface area contributed by atoms with Gasteiger partial charge in [0.25, 0.3) is 5.91 Å². The maximum atomic E-state index is 12.6. The van der Waals surface area contributed by atoms with E-state index in [-0.39, 0.29) is 11.9 Å². The molecular weight excluding hydrogens is 262 g/mol. The van der Waals surface area contributed by atoms with Crippen molar-refractivity contribution >= 4 is 11.6 Å². The number of carbonyl (C=O) groups is 1. The average molecular weight is 289 g/mol. The molecule has 1 amide bonds. The number of piperazine rings is 1. The fraction of sp³-hybridized carbons (Fsp3) is 0.588. The van der Waals surface area contributed by atoms with Gasteiger partial charge < -0.3 is 15.1 Å². The number of rotatable bonds is 4. The van der Waals surface area contributed by atoms with E-state index in [1.54, 1.807) is 0 Å². The number of carbonyl (C=O) groups excluding carboxylic acids is 1. The van der Waals surface area contributed by atoms with E-state index in [1.807, 2.05) is 17.0 Å². The molecule has 0 spiro atoms. The van der Waals surface area contributed by atoms with Crippen LogP contribution in [0.3, 0.4) is 0 Å². The molecule has 1 fully saturated rings. The highest BCUT2D eigenvalue weighted by molar-refractivity contribution is 5.94. The van der Waals surface area contributed by atoms with Gasteiger partial charge in [0, 0.05) is 49.5 Å². The number of nitrogens with zero attached hydrogens (tertiary/aromatic N) is 2. The first-order valence-electron chi connectivity index (χ1n) is 7.93. The van der Waals surface area contributed by atoms with Crippen molar-refractivity contribution in [2.75, 3.05) is 31.1 Å². The van der Waals surface area contributed by atoms with Gasteiger partial charge in [0.05, 0.1) is 0 Å². The summed E-state index contributed by atoms with van der Waals surface area (Å²) in [7, 11) is 0. The van der Waals surface area contributed by atoms with Gasteiger partial charge in [-0.25, -0.2) is 0 Å². The van der Waals surface area contributed by atoms with Crippen molar-refractivity contribution in [1.29, 1.82) is 0 Å². The monoisotopic (exact) mass is 289 g/mol. The molecule has 1 aromatic carbocycles. The van der Waals surface area contributed by atoms with Gasteiger partial charge >= 0.3 is 0 Å². The Labute approximate surface area is 128 Å². The summed E-state index contributed by atoms with van der Waals surface area (Å²) in [5.41, 5.74) is 1.96. The van der Waals surface area contributed by atoms with Crippen LogP contribution in [0.2, 0.25) is 0 Å². The lowest BCUT2D eigenvalue weighted by molar-refractivity contribution is 0.0656. The summed E-state index contributed by atoms with van der Waals surface area (Å²) in [6.07, 6.45) is 0. The van der Waals surface area contributed by atoms with Gasteiger partial charge in [0.2, 0.25) is 0 Å². The average Bonchev–Trinajstić information content (AvgIpc) is 2.48. The van der Waals surface area contributed by atoms with Crippen molar-refractivity contribution in [3.05, 3.63) is 29.8 Å². The van der Waals surface area contributed by atoms with Crippen LogP contribution in [0.5, 0.6) is 0 Å². The Hall–Kier alpha value is -1.55. The minimum Gasteiger partial charge on any atom is -0.369 e. The van der Waals surface area contributed by atoms with E-state index in [4.69, 9.17) is 0 Å². The van der Waals surface area contributed by atoms with Crippen molar-refractivity contribution in [1.82, 2.24) is 10.2 Å². The highest BCUT2D eigenvalue weighted by atomic mass is 16.2. The molecule has 1 atom stereocenters. The summed E-state index contributed by atoms with van der Waals surface area (Å²) in [5, 5.41) is 3.31. The van der Waals surface area contributed by atoms with Gasteiger partial charge in [-0.1, -0.05) is 0 Å². The molecule has 1 N–H and O–H groups in total. The molecule has 1 saturated heterocycles. The number of nitrogens with one attached hydrogen (secondary N) is 1. The van der Waals surface area contributed by atoms with E-state index in [0.29, 0.717) is 6.04 Å². The smallest absolute Gasteiger partial charge is 0.254 e. The van der Waals surface area contributed by atoms with Crippen molar-refractivity contribution in [3.8, 4) is 0 Å². The van der Waals surface area contributed by atoms with E-state index in [0.717, 1.165) is 31.7 Å². The highest BCUT2D eigenvalue weighted by Crippen LogP contribution is 2.19. The van der Waals surface area contributed by atoms with Crippen LogP contribution in [-0.4, -0.2) is 49.1 Å². The minimum absolute atomic E-state index is 0.142. The van der Waals surface area contributed by atoms with Crippen LogP contribution in [0.4, 0.5) is 5.69 Å². The van der Waals surface area contributed by atoms with Crippen LogP contribution in [-0.2, 0) is 0 Å². The second-order valence-electron chi connectivity index (χ2n) is 5.98. The maximum Gasteiger partial charge on any atom is 0.254 e. The molecule has 1 aliphatic rings. The number of hydrogen-bond donors (Lipinski definition) is 1. The third kappa shape index (κ3) is 3.56. The first-order valence-corrected chi connectivity index (χ1v) is 7.93. The Bertz CT molecular complexity index is 469. The van der Waals surface area contributed by atoms with Crippen LogP contribution in [0.25, 0.3) is 0 Å². The van der Waals surface area contributed by atoms with Gasteiger partial charge in [0.15, 0.2) is 0 Å². The van der Waals surface area contributed by atoms with E-state index >= 15 is 0 Å². The lowest BCUT2D eigenvalue weighted by Crippen LogP contribution is -2.52. The van der Waals surface area contributed by atoms with Crippen molar-refractivity contribution in [2.24, 2.45) is 0 Å². The molecule has 0 aliphatic carbocycles. The Morgan fingerprint density at radius 1 is 1.38 bits per heavy atom. The topological polar surface area (TPSA) is 35.6 Å².